The molecule has 0 radical (unpaired) electrons. The van der Waals surface area contributed by atoms with Crippen LogP contribution in [0.3, 0.4) is 0 Å². The van der Waals surface area contributed by atoms with E-state index in [0.29, 0.717) is 17.8 Å². The average Bonchev–Trinajstić information content (AvgIpc) is 2.60. The summed E-state index contributed by atoms with van der Waals surface area (Å²) in [5, 5.41) is 3.57. The molecule has 0 saturated heterocycles. The topological polar surface area (TPSA) is 21.3 Å². The van der Waals surface area contributed by atoms with Crippen molar-refractivity contribution in [3.63, 3.8) is 0 Å². The Hall–Kier alpha value is -1.96. The fourth-order valence-corrected chi connectivity index (χ4v) is 3.79. The molecule has 0 aromatic heterocycles. The Morgan fingerprint density at radius 1 is 1.08 bits per heavy atom. The van der Waals surface area contributed by atoms with Crippen molar-refractivity contribution in [3.05, 3.63) is 59.2 Å². The van der Waals surface area contributed by atoms with Crippen LogP contribution in [0.1, 0.15) is 49.8 Å². The first-order chi connectivity index (χ1) is 11.6. The number of hydrogen-bond acceptors (Lipinski definition) is 2. The molecule has 2 unspecified atom stereocenters. The maximum absolute atomic E-state index is 5.72. The summed E-state index contributed by atoms with van der Waals surface area (Å²) in [5.74, 6) is 2.94. The minimum absolute atomic E-state index is 0.603. The molecule has 2 aromatic carbocycles. The van der Waals surface area contributed by atoms with Gasteiger partial charge in [0.15, 0.2) is 0 Å². The molecule has 2 atom stereocenters. The van der Waals surface area contributed by atoms with Gasteiger partial charge in [0.2, 0.25) is 0 Å². The zero-order valence-electron chi connectivity index (χ0n) is 15.3. The summed E-state index contributed by atoms with van der Waals surface area (Å²) in [5.41, 5.74) is 5.32. The lowest BCUT2D eigenvalue weighted by atomic mass is 9.76. The summed E-state index contributed by atoms with van der Waals surface area (Å²) in [6.45, 7) is 8.08. The lowest BCUT2D eigenvalue weighted by Crippen LogP contribution is -2.24. The number of rotatable bonds is 5. The first-order valence-corrected chi connectivity index (χ1v) is 9.08. The van der Waals surface area contributed by atoms with Crippen molar-refractivity contribution in [2.75, 3.05) is 19.0 Å². The van der Waals surface area contributed by atoms with Crippen LogP contribution in [0.5, 0.6) is 5.75 Å². The number of methoxy groups -OCH3 is 1. The van der Waals surface area contributed by atoms with Crippen molar-refractivity contribution in [3.8, 4) is 5.75 Å². The van der Waals surface area contributed by atoms with Gasteiger partial charge in [0.25, 0.3) is 0 Å². The highest BCUT2D eigenvalue weighted by molar-refractivity contribution is 5.66. The molecule has 2 aromatic rings. The lowest BCUT2D eigenvalue weighted by molar-refractivity contribution is 0.331. The maximum atomic E-state index is 5.72. The molecule has 0 saturated carbocycles. The number of hydrogen-bond donors (Lipinski definition) is 1. The largest absolute Gasteiger partial charge is 0.495 e. The molecule has 2 heteroatoms. The van der Waals surface area contributed by atoms with Gasteiger partial charge in [0, 0.05) is 6.54 Å². The second-order valence-corrected chi connectivity index (χ2v) is 7.35. The van der Waals surface area contributed by atoms with Crippen molar-refractivity contribution in [2.24, 2.45) is 11.8 Å². The molecule has 1 N–H and O–H groups in total. The first-order valence-electron chi connectivity index (χ1n) is 9.08. The smallest absolute Gasteiger partial charge is 0.142 e. The number of nitrogens with one attached hydrogen (secondary N) is 1. The third-order valence-electron chi connectivity index (χ3n) is 5.51. The number of benzene rings is 2. The maximum Gasteiger partial charge on any atom is 0.142 e. The van der Waals surface area contributed by atoms with Crippen molar-refractivity contribution < 1.29 is 4.74 Å². The van der Waals surface area contributed by atoms with Gasteiger partial charge >= 0.3 is 0 Å². The van der Waals surface area contributed by atoms with Crippen LogP contribution in [0.25, 0.3) is 0 Å². The summed E-state index contributed by atoms with van der Waals surface area (Å²) >= 11 is 0. The minimum atomic E-state index is 0.603. The first kappa shape index (κ1) is 16.9. The van der Waals surface area contributed by atoms with Crippen LogP contribution in [0.4, 0.5) is 5.69 Å². The van der Waals surface area contributed by atoms with E-state index in [1.54, 1.807) is 7.11 Å². The van der Waals surface area contributed by atoms with Crippen LogP contribution in [0, 0.1) is 11.8 Å². The monoisotopic (exact) mass is 323 g/mol. The van der Waals surface area contributed by atoms with Gasteiger partial charge in [-0.1, -0.05) is 57.2 Å². The van der Waals surface area contributed by atoms with Gasteiger partial charge in [0.05, 0.1) is 12.8 Å². The Kier molecular flexibility index (Phi) is 5.13. The van der Waals surface area contributed by atoms with Gasteiger partial charge in [-0.2, -0.15) is 0 Å². The highest BCUT2D eigenvalue weighted by atomic mass is 16.5. The van der Waals surface area contributed by atoms with E-state index in [1.165, 1.54) is 28.8 Å². The summed E-state index contributed by atoms with van der Waals surface area (Å²) in [7, 11) is 1.78. The van der Waals surface area contributed by atoms with Crippen LogP contribution < -0.4 is 10.1 Å². The highest BCUT2D eigenvalue weighted by Crippen LogP contribution is 2.44. The lowest BCUT2D eigenvalue weighted by Gasteiger charge is -2.34. The third-order valence-corrected chi connectivity index (χ3v) is 5.51. The van der Waals surface area contributed by atoms with E-state index in [9.17, 15) is 0 Å². The minimum Gasteiger partial charge on any atom is -0.495 e. The van der Waals surface area contributed by atoms with E-state index in [2.05, 4.69) is 68.6 Å². The van der Waals surface area contributed by atoms with Crippen molar-refractivity contribution in [2.45, 2.75) is 39.5 Å². The fourth-order valence-electron chi connectivity index (χ4n) is 3.79. The Morgan fingerprint density at radius 3 is 2.50 bits per heavy atom. The highest BCUT2D eigenvalue weighted by Gasteiger charge is 2.29. The Balaban J connectivity index is 2.00. The van der Waals surface area contributed by atoms with Gasteiger partial charge in [-0.05, 0) is 53.4 Å². The summed E-state index contributed by atoms with van der Waals surface area (Å²) in [4.78, 5) is 0. The van der Waals surface area contributed by atoms with E-state index in [1.807, 2.05) is 0 Å². The summed E-state index contributed by atoms with van der Waals surface area (Å²) in [6.07, 6.45) is 2.15. The Labute approximate surface area is 146 Å². The van der Waals surface area contributed by atoms with Crippen molar-refractivity contribution in [1.82, 2.24) is 0 Å². The van der Waals surface area contributed by atoms with E-state index in [-0.39, 0.29) is 0 Å². The second-order valence-electron chi connectivity index (χ2n) is 7.35. The summed E-state index contributed by atoms with van der Waals surface area (Å²) < 4.78 is 5.72. The molecule has 1 heterocycles. The molecule has 0 amide bonds. The van der Waals surface area contributed by atoms with Gasteiger partial charge in [0.1, 0.15) is 5.75 Å². The molecular weight excluding hydrogens is 294 g/mol. The molecule has 3 rings (SSSR count). The second kappa shape index (κ2) is 7.29. The molecule has 1 aliphatic heterocycles. The van der Waals surface area contributed by atoms with Gasteiger partial charge < -0.3 is 10.1 Å². The predicted octanol–water partition coefficient (Wildman–Crippen LogP) is 5.48. The van der Waals surface area contributed by atoms with Crippen LogP contribution in [0.15, 0.2) is 42.5 Å². The zero-order chi connectivity index (χ0) is 17.1. The standard InChI is InChI=1S/C22H29NO/c1-15(2)16(3)19-10-11-23-22-20(19)13-18(14-21(22)24-4)12-17-8-6-5-7-9-17/h5-9,13-16,19,23H,10-12H2,1-4H3. The van der Waals surface area contributed by atoms with Crippen LogP contribution in [-0.4, -0.2) is 13.7 Å². The van der Waals surface area contributed by atoms with Gasteiger partial charge in [-0.15, -0.1) is 0 Å². The zero-order valence-corrected chi connectivity index (χ0v) is 15.3. The Morgan fingerprint density at radius 2 is 1.83 bits per heavy atom. The normalized spacial score (nSPS) is 18.0. The van der Waals surface area contributed by atoms with Crippen LogP contribution in [-0.2, 0) is 6.42 Å². The van der Waals surface area contributed by atoms with E-state index < -0.39 is 0 Å². The molecule has 0 bridgehead atoms. The average molecular weight is 323 g/mol. The molecule has 128 valence electrons. The summed E-state index contributed by atoms with van der Waals surface area (Å²) in [6, 6.07) is 15.3. The SMILES string of the molecule is COc1cc(Cc2ccccc2)cc2c1NCCC2C(C)C(C)C. The van der Waals surface area contributed by atoms with E-state index in [4.69, 9.17) is 4.74 Å². The molecule has 0 aliphatic carbocycles. The molecule has 0 fully saturated rings. The van der Waals surface area contributed by atoms with E-state index >= 15 is 0 Å². The van der Waals surface area contributed by atoms with Crippen molar-refractivity contribution in [1.29, 1.82) is 0 Å². The number of anilines is 1. The predicted molar refractivity (Wildman–Crippen MR) is 102 cm³/mol. The molecule has 1 aliphatic rings. The van der Waals surface area contributed by atoms with Gasteiger partial charge in [-0.25, -0.2) is 0 Å². The fraction of sp³-hybridized carbons (Fsp3) is 0.455. The molecular formula is C22H29NO. The molecule has 2 nitrogen and oxygen atoms in total. The quantitative estimate of drug-likeness (QED) is 0.787. The number of fused-ring (bicyclic) bond motifs is 1. The van der Waals surface area contributed by atoms with Crippen LogP contribution in [0.2, 0.25) is 0 Å². The molecule has 0 spiro atoms. The van der Waals surface area contributed by atoms with E-state index in [0.717, 1.165) is 18.7 Å². The molecule has 24 heavy (non-hydrogen) atoms. The Bertz CT molecular complexity index is 678. The third kappa shape index (κ3) is 3.43. The number of ether oxygens (including phenoxy) is 1. The van der Waals surface area contributed by atoms with Crippen LogP contribution >= 0.6 is 0 Å². The van der Waals surface area contributed by atoms with Crippen molar-refractivity contribution >= 4 is 5.69 Å². The van der Waals surface area contributed by atoms with Gasteiger partial charge in [-0.3, -0.25) is 0 Å².